The zero-order chi connectivity index (χ0) is 21.6. The van der Waals surface area contributed by atoms with Crippen LogP contribution in [-0.2, 0) is 20.8 Å². The van der Waals surface area contributed by atoms with Crippen molar-refractivity contribution >= 4 is 35.0 Å². The van der Waals surface area contributed by atoms with Gasteiger partial charge in [0, 0.05) is 31.9 Å². The number of esters is 1. The lowest BCUT2D eigenvalue weighted by Crippen LogP contribution is -2.41. The molecule has 0 unspecified atom stereocenters. The maximum atomic E-state index is 13.0. The quantitative estimate of drug-likeness (QED) is 0.380. The van der Waals surface area contributed by atoms with E-state index in [2.05, 4.69) is 4.98 Å². The molecule has 0 bridgehead atoms. The van der Waals surface area contributed by atoms with Crippen molar-refractivity contribution in [1.82, 2.24) is 14.5 Å². The summed E-state index contributed by atoms with van der Waals surface area (Å²) in [6, 6.07) is 4.58. The molecule has 0 radical (unpaired) electrons. The third-order valence-electron chi connectivity index (χ3n) is 4.45. The van der Waals surface area contributed by atoms with Crippen LogP contribution >= 0.6 is 12.2 Å². The fourth-order valence-electron chi connectivity index (χ4n) is 2.96. The first-order chi connectivity index (χ1) is 13.8. The molecule has 0 fully saturated rings. The molecule has 0 aliphatic heterocycles. The number of aromatic nitrogens is 2. The van der Waals surface area contributed by atoms with Crippen molar-refractivity contribution in [3.63, 3.8) is 0 Å². The number of rotatable bonds is 9. The van der Waals surface area contributed by atoms with Crippen LogP contribution in [0.5, 0.6) is 0 Å². The topological polar surface area (TPSA) is 93.6 Å². The highest BCUT2D eigenvalue weighted by Crippen LogP contribution is 2.15. The van der Waals surface area contributed by atoms with Crippen molar-refractivity contribution in [1.29, 1.82) is 0 Å². The van der Waals surface area contributed by atoms with Crippen LogP contribution in [0.2, 0.25) is 0 Å². The van der Waals surface area contributed by atoms with Crippen LogP contribution in [0.3, 0.4) is 0 Å². The van der Waals surface area contributed by atoms with Crippen LogP contribution in [0.15, 0.2) is 23.0 Å². The fourth-order valence-corrected chi connectivity index (χ4v) is 3.24. The summed E-state index contributed by atoms with van der Waals surface area (Å²) in [7, 11) is 1.60. The molecule has 1 heterocycles. The number of aromatic amines is 1. The highest BCUT2D eigenvalue weighted by Gasteiger charge is 2.22. The molecule has 29 heavy (non-hydrogen) atoms. The Kier molecular flexibility index (Phi) is 8.10. The van der Waals surface area contributed by atoms with E-state index >= 15 is 0 Å². The van der Waals surface area contributed by atoms with E-state index in [9.17, 15) is 14.4 Å². The van der Waals surface area contributed by atoms with Gasteiger partial charge in [0.1, 0.15) is 6.54 Å². The Morgan fingerprint density at radius 2 is 2.03 bits per heavy atom. The average Bonchev–Trinajstić information content (AvgIpc) is 2.67. The second kappa shape index (κ2) is 10.3. The van der Waals surface area contributed by atoms with Gasteiger partial charge in [0.25, 0.3) is 11.5 Å². The standard InChI is InChI=1S/C20H27N3O5S/c1-5-28-17(24)12-23(13(2)3)18(25)14-7-8-15-16(11-14)21-20(29)22(19(15)26)9-6-10-27-4/h7-8,11,13H,5-6,9-10,12H2,1-4H3,(H,21,29). The van der Waals surface area contributed by atoms with E-state index < -0.39 is 5.97 Å². The zero-order valence-corrected chi connectivity index (χ0v) is 18.0. The van der Waals surface area contributed by atoms with Gasteiger partial charge < -0.3 is 19.4 Å². The Labute approximate surface area is 174 Å². The Hall–Kier alpha value is -2.52. The zero-order valence-electron chi connectivity index (χ0n) is 17.2. The molecule has 9 heteroatoms. The van der Waals surface area contributed by atoms with E-state index in [1.165, 1.54) is 9.47 Å². The van der Waals surface area contributed by atoms with Gasteiger partial charge in [-0.05, 0) is 57.6 Å². The number of nitrogens with one attached hydrogen (secondary N) is 1. The number of methoxy groups -OCH3 is 1. The molecule has 2 rings (SSSR count). The van der Waals surface area contributed by atoms with E-state index in [1.54, 1.807) is 32.2 Å². The molecule has 0 atom stereocenters. The van der Waals surface area contributed by atoms with Gasteiger partial charge in [-0.25, -0.2) is 0 Å². The van der Waals surface area contributed by atoms with Crippen molar-refractivity contribution in [3.8, 4) is 0 Å². The van der Waals surface area contributed by atoms with Gasteiger partial charge in [-0.15, -0.1) is 0 Å². The second-order valence-corrected chi connectivity index (χ2v) is 7.21. The van der Waals surface area contributed by atoms with Gasteiger partial charge in [-0.2, -0.15) is 0 Å². The molecule has 1 N–H and O–H groups in total. The van der Waals surface area contributed by atoms with Crippen LogP contribution < -0.4 is 5.56 Å². The lowest BCUT2D eigenvalue weighted by atomic mass is 10.1. The lowest BCUT2D eigenvalue weighted by molar-refractivity contribution is -0.144. The number of hydrogen-bond acceptors (Lipinski definition) is 6. The predicted octanol–water partition coefficient (Wildman–Crippen LogP) is 2.51. The van der Waals surface area contributed by atoms with Gasteiger partial charge in [0.2, 0.25) is 0 Å². The van der Waals surface area contributed by atoms with Gasteiger partial charge in [-0.1, -0.05) is 0 Å². The van der Waals surface area contributed by atoms with Crippen molar-refractivity contribution in [3.05, 3.63) is 38.9 Å². The molecule has 0 saturated heterocycles. The van der Waals surface area contributed by atoms with Crippen LogP contribution in [-0.4, -0.2) is 59.2 Å². The molecule has 0 aliphatic carbocycles. The van der Waals surface area contributed by atoms with Gasteiger partial charge in [0.05, 0.1) is 17.5 Å². The van der Waals surface area contributed by atoms with Crippen molar-refractivity contribution in [2.24, 2.45) is 0 Å². The molecule has 0 saturated carbocycles. The molecule has 1 aromatic carbocycles. The highest BCUT2D eigenvalue weighted by atomic mass is 32.1. The van der Waals surface area contributed by atoms with Crippen molar-refractivity contribution in [2.45, 2.75) is 39.8 Å². The molecule has 0 spiro atoms. The molecular weight excluding hydrogens is 394 g/mol. The average molecular weight is 422 g/mol. The number of benzene rings is 1. The first-order valence-electron chi connectivity index (χ1n) is 9.52. The SMILES string of the molecule is CCOC(=O)CN(C(=O)c1ccc2c(=O)n(CCCOC)c(=S)[nH]c2c1)C(C)C. The van der Waals surface area contributed by atoms with Crippen LogP contribution in [0, 0.1) is 4.77 Å². The Bertz CT molecular complexity index is 996. The van der Waals surface area contributed by atoms with Crippen LogP contribution in [0.25, 0.3) is 10.9 Å². The maximum Gasteiger partial charge on any atom is 0.325 e. The first-order valence-corrected chi connectivity index (χ1v) is 9.93. The number of H-pyrrole nitrogens is 1. The van der Waals surface area contributed by atoms with Crippen LogP contribution in [0.4, 0.5) is 0 Å². The minimum absolute atomic E-state index is 0.139. The van der Waals surface area contributed by atoms with Crippen molar-refractivity contribution < 1.29 is 19.1 Å². The summed E-state index contributed by atoms with van der Waals surface area (Å²) in [6.07, 6.45) is 0.660. The van der Waals surface area contributed by atoms with Gasteiger partial charge in [0.15, 0.2) is 4.77 Å². The number of ether oxygens (including phenoxy) is 2. The summed E-state index contributed by atoms with van der Waals surface area (Å²) >= 11 is 5.31. The molecule has 1 amide bonds. The van der Waals surface area contributed by atoms with Crippen LogP contribution in [0.1, 0.15) is 37.6 Å². The molecular formula is C20H27N3O5S. The number of amides is 1. The summed E-state index contributed by atoms with van der Waals surface area (Å²) < 4.78 is 11.8. The number of carbonyl (C=O) groups is 2. The van der Waals surface area contributed by atoms with E-state index in [0.29, 0.717) is 36.0 Å². The molecule has 0 aliphatic rings. The van der Waals surface area contributed by atoms with Crippen molar-refractivity contribution in [2.75, 3.05) is 26.9 Å². The third-order valence-corrected chi connectivity index (χ3v) is 4.77. The number of hydrogen-bond donors (Lipinski definition) is 1. The smallest absolute Gasteiger partial charge is 0.325 e. The summed E-state index contributed by atoms with van der Waals surface area (Å²) in [5.74, 6) is -0.785. The summed E-state index contributed by atoms with van der Waals surface area (Å²) in [4.78, 5) is 42.0. The summed E-state index contributed by atoms with van der Waals surface area (Å²) in [5.41, 5.74) is 0.623. The predicted molar refractivity (Wildman–Crippen MR) is 113 cm³/mol. The molecule has 8 nitrogen and oxygen atoms in total. The molecule has 2 aromatic rings. The largest absolute Gasteiger partial charge is 0.465 e. The number of carbonyl (C=O) groups excluding carboxylic acids is 2. The van der Waals surface area contributed by atoms with E-state index in [-0.39, 0.29) is 35.4 Å². The Morgan fingerprint density at radius 3 is 2.66 bits per heavy atom. The minimum atomic E-state index is -0.464. The normalized spacial score (nSPS) is 11.1. The fraction of sp³-hybridized carbons (Fsp3) is 0.500. The minimum Gasteiger partial charge on any atom is -0.465 e. The highest BCUT2D eigenvalue weighted by molar-refractivity contribution is 7.71. The number of nitrogens with zero attached hydrogens (tertiary/aromatic N) is 2. The molecule has 158 valence electrons. The van der Waals surface area contributed by atoms with Gasteiger partial charge in [-0.3, -0.25) is 19.0 Å². The van der Waals surface area contributed by atoms with Gasteiger partial charge >= 0.3 is 5.97 Å². The van der Waals surface area contributed by atoms with E-state index in [4.69, 9.17) is 21.7 Å². The number of fused-ring (bicyclic) bond motifs is 1. The first kappa shape index (κ1) is 22.8. The monoisotopic (exact) mass is 421 g/mol. The second-order valence-electron chi connectivity index (χ2n) is 6.83. The maximum absolute atomic E-state index is 13.0. The van der Waals surface area contributed by atoms with E-state index in [1.807, 2.05) is 13.8 Å². The Morgan fingerprint density at radius 1 is 1.31 bits per heavy atom. The third kappa shape index (κ3) is 5.51. The molecule has 1 aromatic heterocycles. The summed E-state index contributed by atoms with van der Waals surface area (Å²) in [6.45, 7) is 6.45. The summed E-state index contributed by atoms with van der Waals surface area (Å²) in [5, 5.41) is 0.439. The lowest BCUT2D eigenvalue weighted by Gasteiger charge is -2.25. The Balaban J connectivity index is 2.38. The van der Waals surface area contributed by atoms with E-state index in [0.717, 1.165) is 0 Å².